The van der Waals surface area contributed by atoms with E-state index in [9.17, 15) is 4.79 Å². The fraction of sp³-hybridized carbons (Fsp3) is 0.571. The van der Waals surface area contributed by atoms with Gasteiger partial charge in [0, 0.05) is 12.2 Å². The highest BCUT2D eigenvalue weighted by atomic mass is 16.6. The van der Waals surface area contributed by atoms with Crippen LogP contribution in [0.1, 0.15) is 46.4 Å². The van der Waals surface area contributed by atoms with Crippen LogP contribution in [0.5, 0.6) is 0 Å². The smallest absolute Gasteiger partial charge is 0.323 e. The molecule has 1 heterocycles. The molecular weight excluding hydrogens is 228 g/mol. The topological polar surface area (TPSA) is 51.2 Å². The molecular formula is C14H22N2O2. The molecule has 1 unspecified atom stereocenters. The minimum atomic E-state index is -0.457. The summed E-state index contributed by atoms with van der Waals surface area (Å²) in [6.07, 6.45) is 1.74. The highest BCUT2D eigenvalue weighted by Crippen LogP contribution is 2.12. The predicted molar refractivity (Wildman–Crippen MR) is 71.1 cm³/mol. The first-order chi connectivity index (χ1) is 8.29. The Morgan fingerprint density at radius 1 is 1.33 bits per heavy atom. The van der Waals surface area contributed by atoms with Gasteiger partial charge in [0.15, 0.2) is 0 Å². The van der Waals surface area contributed by atoms with Crippen molar-refractivity contribution in [2.24, 2.45) is 0 Å². The van der Waals surface area contributed by atoms with Gasteiger partial charge in [0.2, 0.25) is 0 Å². The Morgan fingerprint density at radius 2 is 2.00 bits per heavy atom. The zero-order valence-electron chi connectivity index (χ0n) is 11.7. The summed E-state index contributed by atoms with van der Waals surface area (Å²) in [4.78, 5) is 16.1. The number of hydrogen-bond donors (Lipinski definition) is 1. The van der Waals surface area contributed by atoms with Gasteiger partial charge in [0.25, 0.3) is 0 Å². The average Bonchev–Trinajstić information content (AvgIpc) is 2.27. The first-order valence-corrected chi connectivity index (χ1v) is 6.19. The molecule has 0 bridgehead atoms. The summed E-state index contributed by atoms with van der Waals surface area (Å²) in [7, 11) is 0. The Bertz CT molecular complexity index is 385. The molecule has 100 valence electrons. The van der Waals surface area contributed by atoms with Crippen molar-refractivity contribution in [2.45, 2.75) is 52.3 Å². The van der Waals surface area contributed by atoms with E-state index < -0.39 is 5.60 Å². The predicted octanol–water partition coefficient (Wildman–Crippen LogP) is 2.46. The molecule has 0 aromatic carbocycles. The lowest BCUT2D eigenvalue weighted by Gasteiger charge is -2.24. The Morgan fingerprint density at radius 3 is 2.50 bits per heavy atom. The molecule has 1 N–H and O–H groups in total. The highest BCUT2D eigenvalue weighted by molar-refractivity contribution is 5.75. The maximum atomic E-state index is 11.8. The van der Waals surface area contributed by atoms with Crippen molar-refractivity contribution >= 4 is 5.97 Å². The average molecular weight is 250 g/mol. The Labute approximate surface area is 109 Å². The van der Waals surface area contributed by atoms with Crippen molar-refractivity contribution in [1.82, 2.24) is 10.3 Å². The van der Waals surface area contributed by atoms with Gasteiger partial charge in [-0.3, -0.25) is 15.1 Å². The number of rotatable bonds is 4. The maximum Gasteiger partial charge on any atom is 0.323 e. The van der Waals surface area contributed by atoms with Crippen molar-refractivity contribution in [1.29, 1.82) is 0 Å². The molecule has 1 aromatic rings. The van der Waals surface area contributed by atoms with Crippen molar-refractivity contribution < 1.29 is 9.53 Å². The van der Waals surface area contributed by atoms with Crippen molar-refractivity contribution in [2.75, 3.05) is 0 Å². The van der Waals surface area contributed by atoms with E-state index in [1.165, 1.54) is 0 Å². The van der Waals surface area contributed by atoms with Crippen LogP contribution in [0, 0.1) is 0 Å². The van der Waals surface area contributed by atoms with Crippen LogP contribution in [0.4, 0.5) is 0 Å². The molecule has 0 saturated heterocycles. The zero-order valence-corrected chi connectivity index (χ0v) is 11.7. The third-order valence-electron chi connectivity index (χ3n) is 2.39. The second-order valence-corrected chi connectivity index (χ2v) is 5.40. The van der Waals surface area contributed by atoms with Crippen LogP contribution < -0.4 is 5.32 Å². The fourth-order valence-corrected chi connectivity index (χ4v) is 1.55. The van der Waals surface area contributed by atoms with Gasteiger partial charge in [0.1, 0.15) is 11.6 Å². The van der Waals surface area contributed by atoms with E-state index in [2.05, 4.69) is 10.3 Å². The van der Waals surface area contributed by atoms with E-state index in [4.69, 9.17) is 4.74 Å². The van der Waals surface area contributed by atoms with Gasteiger partial charge in [-0.25, -0.2) is 0 Å². The van der Waals surface area contributed by atoms with Crippen LogP contribution in [0.15, 0.2) is 24.4 Å². The van der Waals surface area contributed by atoms with E-state index in [1.807, 2.05) is 45.9 Å². The second kappa shape index (κ2) is 5.96. The fourth-order valence-electron chi connectivity index (χ4n) is 1.55. The third kappa shape index (κ3) is 4.84. The first-order valence-electron chi connectivity index (χ1n) is 6.19. The largest absolute Gasteiger partial charge is 0.459 e. The molecule has 0 radical (unpaired) electrons. The lowest BCUT2D eigenvalue weighted by atomic mass is 10.1. The number of aromatic nitrogens is 1. The zero-order chi connectivity index (χ0) is 13.8. The maximum absolute atomic E-state index is 11.8. The summed E-state index contributed by atoms with van der Waals surface area (Å²) in [6, 6.07) is 5.38. The molecule has 0 amide bonds. The minimum absolute atomic E-state index is 0.00807. The number of pyridine rings is 1. The SMILES string of the molecule is CC(N[C@@H](C)c1ccccn1)C(=O)OC(C)(C)C. The summed E-state index contributed by atoms with van der Waals surface area (Å²) in [5, 5.41) is 3.18. The summed E-state index contributed by atoms with van der Waals surface area (Å²) in [5.74, 6) is -0.245. The quantitative estimate of drug-likeness (QED) is 0.834. The van der Waals surface area contributed by atoms with Gasteiger partial charge in [-0.1, -0.05) is 6.07 Å². The van der Waals surface area contributed by atoms with Gasteiger partial charge in [-0.05, 0) is 46.8 Å². The number of ether oxygens (including phenoxy) is 1. The van der Waals surface area contributed by atoms with E-state index >= 15 is 0 Å². The number of carbonyl (C=O) groups excluding carboxylic acids is 1. The number of esters is 1. The lowest BCUT2D eigenvalue weighted by Crippen LogP contribution is -2.40. The number of carbonyl (C=O) groups is 1. The number of nitrogens with one attached hydrogen (secondary N) is 1. The highest BCUT2D eigenvalue weighted by Gasteiger charge is 2.23. The van der Waals surface area contributed by atoms with Crippen LogP contribution >= 0.6 is 0 Å². The summed E-state index contributed by atoms with van der Waals surface area (Å²) in [5.41, 5.74) is 0.453. The van der Waals surface area contributed by atoms with E-state index in [1.54, 1.807) is 13.1 Å². The molecule has 1 rings (SSSR count). The Kier molecular flexibility index (Phi) is 4.84. The minimum Gasteiger partial charge on any atom is -0.459 e. The van der Waals surface area contributed by atoms with Crippen molar-refractivity contribution in [3.05, 3.63) is 30.1 Å². The summed E-state index contributed by atoms with van der Waals surface area (Å²) in [6.45, 7) is 9.36. The first kappa shape index (κ1) is 14.6. The molecule has 4 heteroatoms. The number of hydrogen-bond acceptors (Lipinski definition) is 4. The lowest BCUT2D eigenvalue weighted by molar-refractivity contribution is -0.157. The van der Waals surface area contributed by atoms with Crippen LogP contribution in [0.25, 0.3) is 0 Å². The standard InChI is InChI=1S/C14H22N2O2/c1-10(12-8-6-7-9-15-12)16-11(2)13(17)18-14(3,4)5/h6-11,16H,1-5H3/t10-,11?/m0/s1. The second-order valence-electron chi connectivity index (χ2n) is 5.40. The Balaban J connectivity index is 2.55. The normalized spacial score (nSPS) is 14.9. The van der Waals surface area contributed by atoms with E-state index in [0.29, 0.717) is 0 Å². The molecule has 0 aliphatic rings. The summed E-state index contributed by atoms with van der Waals surface area (Å²) < 4.78 is 5.31. The molecule has 4 nitrogen and oxygen atoms in total. The van der Waals surface area contributed by atoms with Crippen molar-refractivity contribution in [3.8, 4) is 0 Å². The molecule has 2 atom stereocenters. The van der Waals surface area contributed by atoms with Crippen LogP contribution in [0.2, 0.25) is 0 Å². The molecule has 0 fully saturated rings. The van der Waals surface area contributed by atoms with Gasteiger partial charge in [0.05, 0.1) is 5.69 Å². The third-order valence-corrected chi connectivity index (χ3v) is 2.39. The van der Waals surface area contributed by atoms with E-state index in [-0.39, 0.29) is 18.1 Å². The monoisotopic (exact) mass is 250 g/mol. The van der Waals surface area contributed by atoms with Gasteiger partial charge >= 0.3 is 5.97 Å². The van der Waals surface area contributed by atoms with E-state index in [0.717, 1.165) is 5.69 Å². The molecule has 1 aromatic heterocycles. The van der Waals surface area contributed by atoms with Gasteiger partial charge in [-0.2, -0.15) is 0 Å². The molecule has 0 spiro atoms. The van der Waals surface area contributed by atoms with Gasteiger partial charge < -0.3 is 4.74 Å². The number of nitrogens with zero attached hydrogens (tertiary/aromatic N) is 1. The van der Waals surface area contributed by atoms with Gasteiger partial charge in [-0.15, -0.1) is 0 Å². The summed E-state index contributed by atoms with van der Waals surface area (Å²) >= 11 is 0. The van der Waals surface area contributed by atoms with Crippen LogP contribution in [-0.2, 0) is 9.53 Å². The molecule has 0 aliphatic heterocycles. The van der Waals surface area contributed by atoms with Crippen molar-refractivity contribution in [3.63, 3.8) is 0 Å². The molecule has 0 aliphatic carbocycles. The van der Waals surface area contributed by atoms with Crippen LogP contribution in [0.3, 0.4) is 0 Å². The van der Waals surface area contributed by atoms with Crippen LogP contribution in [-0.4, -0.2) is 22.6 Å². The molecule has 18 heavy (non-hydrogen) atoms. The Hall–Kier alpha value is -1.42. The molecule has 0 saturated carbocycles.